The molecule has 126 valence electrons. The van der Waals surface area contributed by atoms with Crippen molar-refractivity contribution in [2.45, 2.75) is 19.9 Å². The molecule has 0 aliphatic carbocycles. The Morgan fingerprint density at radius 2 is 1.83 bits per heavy atom. The van der Waals surface area contributed by atoms with Crippen LogP contribution in [0.3, 0.4) is 0 Å². The third-order valence-electron chi connectivity index (χ3n) is 3.40. The van der Waals surface area contributed by atoms with Crippen LogP contribution >= 0.6 is 28.3 Å². The number of methoxy groups -OCH3 is 1. The van der Waals surface area contributed by atoms with E-state index in [4.69, 9.17) is 9.47 Å². The van der Waals surface area contributed by atoms with Crippen molar-refractivity contribution in [3.63, 3.8) is 0 Å². The largest absolute Gasteiger partial charge is 0.496 e. The molecule has 3 nitrogen and oxygen atoms in total. The smallest absolute Gasteiger partial charge is 0.123 e. The van der Waals surface area contributed by atoms with Crippen LogP contribution in [0.4, 0.5) is 0 Å². The fraction of sp³-hybridized carbons (Fsp3) is 0.333. The third-order valence-corrected chi connectivity index (χ3v) is 3.89. The highest BCUT2D eigenvalue weighted by Gasteiger charge is 2.05. The lowest BCUT2D eigenvalue weighted by Crippen LogP contribution is -2.17. The number of nitrogens with one attached hydrogen (secondary N) is 1. The number of hydrogen-bond donors (Lipinski definition) is 1. The lowest BCUT2D eigenvalue weighted by Gasteiger charge is -2.12. The van der Waals surface area contributed by atoms with Gasteiger partial charge in [0, 0.05) is 16.6 Å². The van der Waals surface area contributed by atoms with Crippen LogP contribution in [0.5, 0.6) is 11.5 Å². The van der Waals surface area contributed by atoms with E-state index < -0.39 is 0 Å². The number of hydrogen-bond acceptors (Lipinski definition) is 3. The van der Waals surface area contributed by atoms with Gasteiger partial charge in [-0.05, 0) is 49.7 Å². The van der Waals surface area contributed by atoms with Crippen LogP contribution < -0.4 is 14.8 Å². The SMILES string of the molecule is CCOc1ccc(Br)cc1CNCCc1ccccc1OC.Cl. The Hall–Kier alpha value is -1.23. The Morgan fingerprint density at radius 1 is 1.04 bits per heavy atom. The summed E-state index contributed by atoms with van der Waals surface area (Å²) < 4.78 is 12.1. The third kappa shape index (κ3) is 6.05. The van der Waals surface area contributed by atoms with Crippen molar-refractivity contribution in [1.29, 1.82) is 0 Å². The highest BCUT2D eigenvalue weighted by Crippen LogP contribution is 2.23. The molecule has 0 aliphatic heterocycles. The van der Waals surface area contributed by atoms with Crippen LogP contribution in [0.25, 0.3) is 0 Å². The van der Waals surface area contributed by atoms with Gasteiger partial charge in [-0.2, -0.15) is 0 Å². The summed E-state index contributed by atoms with van der Waals surface area (Å²) in [6, 6.07) is 14.2. The van der Waals surface area contributed by atoms with E-state index in [1.54, 1.807) is 7.11 Å². The maximum Gasteiger partial charge on any atom is 0.123 e. The minimum atomic E-state index is 0. The molecule has 0 saturated carbocycles. The normalized spacial score (nSPS) is 10.0. The first-order valence-corrected chi connectivity index (χ1v) is 8.27. The molecule has 1 N–H and O–H groups in total. The Labute approximate surface area is 152 Å². The molecule has 2 rings (SSSR count). The quantitative estimate of drug-likeness (QED) is 0.656. The molecule has 0 bridgehead atoms. The predicted octanol–water partition coefficient (Wildman–Crippen LogP) is 4.61. The Kier molecular flexibility index (Phi) is 9.07. The van der Waals surface area contributed by atoms with Gasteiger partial charge in [-0.15, -0.1) is 12.4 Å². The van der Waals surface area contributed by atoms with Crippen LogP contribution in [0.1, 0.15) is 18.1 Å². The molecule has 23 heavy (non-hydrogen) atoms. The molecule has 0 aromatic heterocycles. The molecule has 5 heteroatoms. The maximum absolute atomic E-state index is 5.66. The zero-order valence-electron chi connectivity index (χ0n) is 13.5. The summed E-state index contributed by atoms with van der Waals surface area (Å²) in [5, 5.41) is 3.47. The number of para-hydroxylation sites is 1. The van der Waals surface area contributed by atoms with Crippen LogP contribution in [0, 0.1) is 0 Å². The van der Waals surface area contributed by atoms with Crippen molar-refractivity contribution in [1.82, 2.24) is 5.32 Å². The van der Waals surface area contributed by atoms with E-state index in [1.807, 2.05) is 37.3 Å². The molecule has 0 radical (unpaired) electrons. The first-order valence-electron chi connectivity index (χ1n) is 7.48. The topological polar surface area (TPSA) is 30.5 Å². The van der Waals surface area contributed by atoms with Crippen LogP contribution in [0.15, 0.2) is 46.9 Å². The Bertz CT molecular complexity index is 607. The molecule has 0 aliphatic rings. The van der Waals surface area contributed by atoms with Crippen molar-refractivity contribution >= 4 is 28.3 Å². The summed E-state index contributed by atoms with van der Waals surface area (Å²) in [5.74, 6) is 1.89. The molecular weight excluding hydrogens is 378 g/mol. The average molecular weight is 401 g/mol. The van der Waals surface area contributed by atoms with E-state index in [0.29, 0.717) is 6.61 Å². The monoisotopic (exact) mass is 399 g/mol. The zero-order valence-corrected chi connectivity index (χ0v) is 15.9. The van der Waals surface area contributed by atoms with Gasteiger partial charge in [0.25, 0.3) is 0 Å². The number of benzene rings is 2. The van der Waals surface area contributed by atoms with Gasteiger partial charge in [0.1, 0.15) is 11.5 Å². The summed E-state index contributed by atoms with van der Waals surface area (Å²) in [6.45, 7) is 4.35. The van der Waals surface area contributed by atoms with Crippen molar-refractivity contribution in [2.75, 3.05) is 20.3 Å². The van der Waals surface area contributed by atoms with Crippen LogP contribution in [-0.4, -0.2) is 20.3 Å². The van der Waals surface area contributed by atoms with Gasteiger partial charge < -0.3 is 14.8 Å². The molecule has 0 spiro atoms. The van der Waals surface area contributed by atoms with E-state index in [9.17, 15) is 0 Å². The van der Waals surface area contributed by atoms with E-state index in [1.165, 1.54) is 5.56 Å². The minimum absolute atomic E-state index is 0. The summed E-state index contributed by atoms with van der Waals surface area (Å²) in [7, 11) is 1.71. The predicted molar refractivity (Wildman–Crippen MR) is 101 cm³/mol. The second kappa shape index (κ2) is 10.5. The number of halogens is 2. The van der Waals surface area contributed by atoms with Gasteiger partial charge in [0.2, 0.25) is 0 Å². The lowest BCUT2D eigenvalue weighted by molar-refractivity contribution is 0.335. The zero-order chi connectivity index (χ0) is 15.8. The van der Waals surface area contributed by atoms with Gasteiger partial charge in [-0.1, -0.05) is 34.1 Å². The Balaban J connectivity index is 0.00000264. The van der Waals surface area contributed by atoms with Gasteiger partial charge in [0.15, 0.2) is 0 Å². The highest BCUT2D eigenvalue weighted by atomic mass is 79.9. The fourth-order valence-electron chi connectivity index (χ4n) is 2.34. The maximum atomic E-state index is 5.66. The average Bonchev–Trinajstić information content (AvgIpc) is 2.54. The first kappa shape index (κ1) is 19.8. The van der Waals surface area contributed by atoms with Gasteiger partial charge in [0.05, 0.1) is 13.7 Å². The second-order valence-corrected chi connectivity index (χ2v) is 5.84. The van der Waals surface area contributed by atoms with Gasteiger partial charge in [-0.3, -0.25) is 0 Å². The van der Waals surface area contributed by atoms with Gasteiger partial charge in [-0.25, -0.2) is 0 Å². The lowest BCUT2D eigenvalue weighted by atomic mass is 10.1. The molecule has 2 aromatic rings. The van der Waals surface area contributed by atoms with E-state index >= 15 is 0 Å². The van der Waals surface area contributed by atoms with Crippen molar-refractivity contribution in [3.05, 3.63) is 58.1 Å². The molecular formula is C18H23BrClNO2. The minimum Gasteiger partial charge on any atom is -0.496 e. The molecule has 2 aromatic carbocycles. The second-order valence-electron chi connectivity index (χ2n) is 4.92. The van der Waals surface area contributed by atoms with Crippen molar-refractivity contribution in [3.8, 4) is 11.5 Å². The highest BCUT2D eigenvalue weighted by molar-refractivity contribution is 9.10. The van der Waals surface area contributed by atoms with Crippen LogP contribution in [-0.2, 0) is 13.0 Å². The van der Waals surface area contributed by atoms with Crippen molar-refractivity contribution in [2.24, 2.45) is 0 Å². The van der Waals surface area contributed by atoms with Crippen molar-refractivity contribution < 1.29 is 9.47 Å². The molecule has 0 amide bonds. The van der Waals surface area contributed by atoms with Crippen LogP contribution in [0.2, 0.25) is 0 Å². The van der Waals surface area contributed by atoms with Gasteiger partial charge >= 0.3 is 0 Å². The molecule has 0 heterocycles. The summed E-state index contributed by atoms with van der Waals surface area (Å²) in [4.78, 5) is 0. The van der Waals surface area contributed by atoms with E-state index in [2.05, 4.69) is 33.4 Å². The number of ether oxygens (including phenoxy) is 2. The first-order chi connectivity index (χ1) is 10.7. The van der Waals surface area contributed by atoms with E-state index in [-0.39, 0.29) is 12.4 Å². The molecule has 0 fully saturated rings. The molecule has 0 unspecified atom stereocenters. The van der Waals surface area contributed by atoms with E-state index in [0.717, 1.165) is 41.0 Å². The molecule has 0 atom stereocenters. The standard InChI is InChI=1S/C18H22BrNO2.ClH/c1-3-22-18-9-8-16(19)12-15(18)13-20-11-10-14-6-4-5-7-17(14)21-2;/h4-9,12,20H,3,10-11,13H2,1-2H3;1H. The Morgan fingerprint density at radius 3 is 2.57 bits per heavy atom. The number of rotatable bonds is 8. The summed E-state index contributed by atoms with van der Waals surface area (Å²) in [5.41, 5.74) is 2.38. The summed E-state index contributed by atoms with van der Waals surface area (Å²) >= 11 is 3.51. The summed E-state index contributed by atoms with van der Waals surface area (Å²) in [6.07, 6.45) is 0.933. The fourth-order valence-corrected chi connectivity index (χ4v) is 2.75. The molecule has 0 saturated heterocycles.